The molecule has 7 nitrogen and oxygen atoms in total. The summed E-state index contributed by atoms with van der Waals surface area (Å²) in [6.45, 7) is 8.87. The number of rotatable bonds is 10. The topological polar surface area (TPSA) is 81.4 Å². The lowest BCUT2D eigenvalue weighted by molar-refractivity contribution is -0.118. The fourth-order valence-corrected chi connectivity index (χ4v) is 3.20. The highest BCUT2D eigenvalue weighted by atomic mass is 32.2. The molecule has 1 aromatic carbocycles. The van der Waals surface area contributed by atoms with Crippen molar-refractivity contribution in [1.82, 2.24) is 20.2 Å². The number of thioether (sulfide) groups is 1. The van der Waals surface area contributed by atoms with Gasteiger partial charge in [0.15, 0.2) is 17.1 Å². The number of hydrogen-bond acceptors (Lipinski definition) is 6. The molecule has 1 N–H and O–H groups in total. The number of allylic oxidation sites excluding steroid dienone is 1. The van der Waals surface area contributed by atoms with Crippen LogP contribution in [-0.2, 0) is 16.1 Å². The first-order chi connectivity index (χ1) is 14.4. The Labute approximate surface area is 182 Å². The maximum absolute atomic E-state index is 12.1. The standard InChI is InChI=1S/C22H27N5O2S/c1-6-12-29-19(7-2)13-23-24-20(28)15-30-22-26-25-21(27(22)14-16(3)4)18-10-8-17(5)9-11-18/h2,6,8-13,16,19H,14-15H2,1,3-5H3,(H,24,28)/b12-6-,23-13+. The molecule has 0 aliphatic carbocycles. The van der Waals surface area contributed by atoms with Gasteiger partial charge in [0.25, 0.3) is 5.91 Å². The van der Waals surface area contributed by atoms with Gasteiger partial charge in [-0.15, -0.1) is 16.6 Å². The van der Waals surface area contributed by atoms with Gasteiger partial charge in [-0.3, -0.25) is 4.79 Å². The van der Waals surface area contributed by atoms with Gasteiger partial charge in [0.2, 0.25) is 0 Å². The maximum atomic E-state index is 12.1. The molecule has 1 heterocycles. The SMILES string of the molecule is C#CC(/C=N/NC(=O)CSc1nnc(-c2ccc(C)cc2)n1CC(C)C)O/C=C\C. The summed E-state index contributed by atoms with van der Waals surface area (Å²) in [4.78, 5) is 12.1. The van der Waals surface area contributed by atoms with E-state index >= 15 is 0 Å². The quantitative estimate of drug-likeness (QED) is 0.207. The number of hydrazone groups is 1. The van der Waals surface area contributed by atoms with Crippen molar-refractivity contribution in [3.63, 3.8) is 0 Å². The fraction of sp³-hybridized carbons (Fsp3) is 0.364. The summed E-state index contributed by atoms with van der Waals surface area (Å²) in [7, 11) is 0. The predicted molar refractivity (Wildman–Crippen MR) is 121 cm³/mol. The van der Waals surface area contributed by atoms with E-state index in [0.717, 1.165) is 17.9 Å². The highest BCUT2D eigenvalue weighted by Crippen LogP contribution is 2.25. The summed E-state index contributed by atoms with van der Waals surface area (Å²) in [5.41, 5.74) is 4.63. The van der Waals surface area contributed by atoms with Gasteiger partial charge >= 0.3 is 0 Å². The lowest BCUT2D eigenvalue weighted by atomic mass is 10.1. The van der Waals surface area contributed by atoms with Gasteiger partial charge in [-0.05, 0) is 19.8 Å². The molecular weight excluding hydrogens is 398 g/mol. The molecule has 0 aliphatic rings. The minimum atomic E-state index is -0.639. The second-order valence-corrected chi connectivity index (χ2v) is 7.91. The van der Waals surface area contributed by atoms with Gasteiger partial charge in [-0.2, -0.15) is 5.10 Å². The van der Waals surface area contributed by atoms with Crippen LogP contribution in [0.5, 0.6) is 0 Å². The van der Waals surface area contributed by atoms with Crippen LogP contribution >= 0.6 is 11.8 Å². The molecule has 2 aromatic rings. The minimum absolute atomic E-state index is 0.151. The lowest BCUT2D eigenvalue weighted by Crippen LogP contribution is -2.22. The summed E-state index contributed by atoms with van der Waals surface area (Å²) in [6.07, 6.45) is 9.25. The first-order valence-corrected chi connectivity index (χ1v) is 10.6. The van der Waals surface area contributed by atoms with Gasteiger partial charge in [0.05, 0.1) is 18.2 Å². The van der Waals surface area contributed by atoms with Crippen molar-refractivity contribution in [2.45, 2.75) is 45.5 Å². The van der Waals surface area contributed by atoms with Crippen LogP contribution in [-0.4, -0.2) is 38.7 Å². The van der Waals surface area contributed by atoms with Crippen molar-refractivity contribution in [3.8, 4) is 23.7 Å². The molecule has 8 heteroatoms. The number of hydrogen-bond donors (Lipinski definition) is 1. The van der Waals surface area contributed by atoms with Gasteiger partial charge in [-0.25, -0.2) is 5.43 Å². The van der Waals surface area contributed by atoms with Crippen LogP contribution in [0.25, 0.3) is 11.4 Å². The fourth-order valence-electron chi connectivity index (χ4n) is 2.46. The highest BCUT2D eigenvalue weighted by molar-refractivity contribution is 7.99. The molecule has 1 amide bonds. The number of nitrogens with one attached hydrogen (secondary N) is 1. The van der Waals surface area contributed by atoms with E-state index in [1.54, 1.807) is 6.08 Å². The molecule has 2 rings (SSSR count). The van der Waals surface area contributed by atoms with E-state index < -0.39 is 6.10 Å². The molecule has 0 aliphatic heterocycles. The Bertz CT molecular complexity index is 926. The van der Waals surface area contributed by atoms with Crippen LogP contribution in [0.3, 0.4) is 0 Å². The Morgan fingerprint density at radius 2 is 2.10 bits per heavy atom. The molecule has 30 heavy (non-hydrogen) atoms. The number of benzene rings is 1. The average Bonchev–Trinajstić information content (AvgIpc) is 3.11. The zero-order chi connectivity index (χ0) is 21.9. The monoisotopic (exact) mass is 425 g/mol. The van der Waals surface area contributed by atoms with Gasteiger partial charge in [-0.1, -0.05) is 67.4 Å². The molecule has 0 bridgehead atoms. The normalized spacial score (nSPS) is 12.4. The minimum Gasteiger partial charge on any atom is -0.480 e. The third kappa shape index (κ3) is 7.08. The van der Waals surface area contributed by atoms with E-state index in [9.17, 15) is 4.79 Å². The lowest BCUT2D eigenvalue weighted by Gasteiger charge is -2.12. The van der Waals surface area contributed by atoms with E-state index in [4.69, 9.17) is 11.2 Å². The van der Waals surface area contributed by atoms with Crippen molar-refractivity contribution in [1.29, 1.82) is 0 Å². The zero-order valence-corrected chi connectivity index (χ0v) is 18.5. The summed E-state index contributed by atoms with van der Waals surface area (Å²) < 4.78 is 7.26. The van der Waals surface area contributed by atoms with Crippen LogP contribution in [0.4, 0.5) is 0 Å². The molecular formula is C22H27N5O2S. The van der Waals surface area contributed by atoms with Crippen LogP contribution < -0.4 is 5.43 Å². The van der Waals surface area contributed by atoms with Crippen LogP contribution in [0.1, 0.15) is 26.3 Å². The van der Waals surface area contributed by atoms with Crippen molar-refractivity contribution < 1.29 is 9.53 Å². The Hall–Kier alpha value is -3.05. The van der Waals surface area contributed by atoms with E-state index in [1.807, 2.05) is 38.1 Å². The number of aryl methyl sites for hydroxylation is 1. The van der Waals surface area contributed by atoms with Crippen molar-refractivity contribution in [3.05, 3.63) is 42.2 Å². The Morgan fingerprint density at radius 3 is 2.73 bits per heavy atom. The van der Waals surface area contributed by atoms with Gasteiger partial charge in [0.1, 0.15) is 0 Å². The Kier molecular flexibility index (Phi) is 9.16. The number of ether oxygens (including phenoxy) is 1. The van der Waals surface area contributed by atoms with E-state index in [-0.39, 0.29) is 11.7 Å². The zero-order valence-electron chi connectivity index (χ0n) is 17.7. The molecule has 0 saturated heterocycles. The molecule has 0 radical (unpaired) electrons. The maximum Gasteiger partial charge on any atom is 0.250 e. The number of terminal acetylenes is 1. The first-order valence-electron chi connectivity index (χ1n) is 9.62. The first kappa shape index (κ1) is 23.2. The van der Waals surface area contributed by atoms with Gasteiger partial charge < -0.3 is 9.30 Å². The third-order valence-corrected chi connectivity index (χ3v) is 4.80. The van der Waals surface area contributed by atoms with E-state index in [0.29, 0.717) is 11.1 Å². The number of amides is 1. The molecule has 0 spiro atoms. The summed E-state index contributed by atoms with van der Waals surface area (Å²) >= 11 is 1.31. The van der Waals surface area contributed by atoms with E-state index in [1.165, 1.54) is 29.8 Å². The molecule has 158 valence electrons. The van der Waals surface area contributed by atoms with E-state index in [2.05, 4.69) is 45.1 Å². The summed E-state index contributed by atoms with van der Waals surface area (Å²) in [5.74, 6) is 3.49. The summed E-state index contributed by atoms with van der Waals surface area (Å²) in [6, 6.07) is 8.16. The van der Waals surface area contributed by atoms with Crippen LogP contribution in [0.15, 0.2) is 46.9 Å². The number of carbonyl (C=O) groups is 1. The number of aromatic nitrogens is 3. The summed E-state index contributed by atoms with van der Waals surface area (Å²) in [5, 5.41) is 13.2. The van der Waals surface area contributed by atoms with Crippen LogP contribution in [0.2, 0.25) is 0 Å². The molecule has 0 fully saturated rings. The smallest absolute Gasteiger partial charge is 0.250 e. The average molecular weight is 426 g/mol. The van der Waals surface area contributed by atoms with Crippen molar-refractivity contribution >= 4 is 23.9 Å². The predicted octanol–water partition coefficient (Wildman–Crippen LogP) is 3.66. The van der Waals surface area contributed by atoms with Crippen molar-refractivity contribution in [2.75, 3.05) is 5.75 Å². The van der Waals surface area contributed by atoms with Crippen molar-refractivity contribution in [2.24, 2.45) is 11.0 Å². The van der Waals surface area contributed by atoms with Crippen LogP contribution in [0, 0.1) is 25.2 Å². The Morgan fingerprint density at radius 1 is 1.37 bits per heavy atom. The van der Waals surface area contributed by atoms with Gasteiger partial charge in [0, 0.05) is 12.1 Å². The highest BCUT2D eigenvalue weighted by Gasteiger charge is 2.16. The number of nitrogens with zero attached hydrogens (tertiary/aromatic N) is 4. The molecule has 1 unspecified atom stereocenters. The second kappa shape index (κ2) is 11.8. The molecule has 1 aromatic heterocycles. The molecule has 1 atom stereocenters. The Balaban J connectivity index is 2.03. The largest absolute Gasteiger partial charge is 0.480 e. The molecule has 0 saturated carbocycles. The third-order valence-electron chi connectivity index (χ3n) is 3.83. The number of carbonyl (C=O) groups excluding carboxylic acids is 1. The second-order valence-electron chi connectivity index (χ2n) is 6.97.